The Morgan fingerprint density at radius 1 is 1.33 bits per heavy atom. The molecule has 0 spiro atoms. The van der Waals surface area contributed by atoms with Gasteiger partial charge in [0, 0.05) is 15.9 Å². The van der Waals surface area contributed by atoms with Gasteiger partial charge in [-0.1, -0.05) is 29.8 Å². The van der Waals surface area contributed by atoms with Gasteiger partial charge in [-0.25, -0.2) is 0 Å². The molecule has 2 aromatic rings. The molecule has 0 amide bonds. The van der Waals surface area contributed by atoms with E-state index in [0.717, 1.165) is 17.9 Å². The van der Waals surface area contributed by atoms with Gasteiger partial charge in [-0.3, -0.25) is 0 Å². The largest absolute Gasteiger partial charge is 0.313 e. The van der Waals surface area contributed by atoms with Crippen LogP contribution in [0.5, 0.6) is 0 Å². The van der Waals surface area contributed by atoms with E-state index in [2.05, 4.69) is 41.9 Å². The van der Waals surface area contributed by atoms with Crippen LogP contribution in [-0.4, -0.2) is 7.05 Å². The molecule has 0 saturated carbocycles. The lowest BCUT2D eigenvalue weighted by Crippen LogP contribution is -2.17. The first-order valence-electron chi connectivity index (χ1n) is 6.16. The van der Waals surface area contributed by atoms with Crippen molar-refractivity contribution in [2.75, 3.05) is 7.05 Å². The molecule has 1 aromatic heterocycles. The van der Waals surface area contributed by atoms with E-state index >= 15 is 0 Å². The molecule has 0 bridgehead atoms. The van der Waals surface area contributed by atoms with Crippen molar-refractivity contribution < 1.29 is 0 Å². The normalized spacial score (nSPS) is 12.6. The Bertz CT molecular complexity index is 493. The molecule has 3 heteroatoms. The van der Waals surface area contributed by atoms with Gasteiger partial charge in [0.15, 0.2) is 0 Å². The molecule has 0 radical (unpaired) electrons. The van der Waals surface area contributed by atoms with E-state index in [1.54, 1.807) is 0 Å². The molecule has 1 N–H and O–H groups in total. The van der Waals surface area contributed by atoms with Crippen molar-refractivity contribution >= 4 is 22.9 Å². The maximum absolute atomic E-state index is 6.33. The van der Waals surface area contributed by atoms with Crippen LogP contribution in [0.15, 0.2) is 35.7 Å². The average molecular weight is 280 g/mol. The highest BCUT2D eigenvalue weighted by Crippen LogP contribution is 2.27. The van der Waals surface area contributed by atoms with Gasteiger partial charge in [0.1, 0.15) is 0 Å². The van der Waals surface area contributed by atoms with Crippen LogP contribution in [0.4, 0.5) is 0 Å². The van der Waals surface area contributed by atoms with Gasteiger partial charge in [0.2, 0.25) is 0 Å². The van der Waals surface area contributed by atoms with Gasteiger partial charge in [-0.15, -0.1) is 11.3 Å². The van der Waals surface area contributed by atoms with Crippen LogP contribution < -0.4 is 5.32 Å². The smallest absolute Gasteiger partial charge is 0.0456 e. The lowest BCUT2D eigenvalue weighted by Gasteiger charge is -2.18. The third-order valence-corrected chi connectivity index (χ3v) is 4.40. The fourth-order valence-electron chi connectivity index (χ4n) is 2.11. The molecule has 0 aliphatic heterocycles. The summed E-state index contributed by atoms with van der Waals surface area (Å²) in [4.78, 5) is 1.43. The van der Waals surface area contributed by atoms with Gasteiger partial charge in [0.25, 0.3) is 0 Å². The first-order chi connectivity index (χ1) is 8.70. The van der Waals surface area contributed by atoms with Crippen LogP contribution in [0.2, 0.25) is 5.02 Å². The Hall–Kier alpha value is -0.830. The molecule has 1 unspecified atom stereocenters. The Morgan fingerprint density at radius 3 is 2.78 bits per heavy atom. The predicted octanol–water partition coefficient (Wildman–Crippen LogP) is 4.60. The van der Waals surface area contributed by atoms with E-state index in [1.807, 2.05) is 24.5 Å². The number of halogens is 1. The van der Waals surface area contributed by atoms with Gasteiger partial charge in [0.05, 0.1) is 0 Å². The molecule has 2 rings (SSSR count). The summed E-state index contributed by atoms with van der Waals surface area (Å²) in [6, 6.07) is 10.9. The zero-order chi connectivity index (χ0) is 13.0. The van der Waals surface area contributed by atoms with E-state index in [1.165, 1.54) is 16.0 Å². The minimum atomic E-state index is 0.320. The van der Waals surface area contributed by atoms with Crippen molar-refractivity contribution in [2.45, 2.75) is 25.8 Å². The minimum Gasteiger partial charge on any atom is -0.313 e. The van der Waals surface area contributed by atoms with Crippen molar-refractivity contribution in [3.05, 3.63) is 56.7 Å². The number of hydrogen-bond donors (Lipinski definition) is 1. The highest BCUT2D eigenvalue weighted by atomic mass is 35.5. The molecule has 0 fully saturated rings. The second-order valence-electron chi connectivity index (χ2n) is 4.48. The van der Waals surface area contributed by atoms with Crippen molar-refractivity contribution in [1.29, 1.82) is 0 Å². The molecule has 1 nitrogen and oxygen atoms in total. The molecule has 18 heavy (non-hydrogen) atoms. The lowest BCUT2D eigenvalue weighted by molar-refractivity contribution is 0.551. The SMILES string of the molecule is CNC(CCc1cccs1)c1ccc(C)cc1Cl. The quantitative estimate of drug-likeness (QED) is 0.843. The van der Waals surface area contributed by atoms with Crippen molar-refractivity contribution in [2.24, 2.45) is 0 Å². The molecular formula is C15H18ClNS. The molecule has 1 aromatic carbocycles. The highest BCUT2D eigenvalue weighted by molar-refractivity contribution is 7.09. The second kappa shape index (κ2) is 6.37. The van der Waals surface area contributed by atoms with Crippen LogP contribution >= 0.6 is 22.9 Å². The topological polar surface area (TPSA) is 12.0 Å². The predicted molar refractivity (Wildman–Crippen MR) is 80.6 cm³/mol. The van der Waals surface area contributed by atoms with Crippen LogP contribution in [-0.2, 0) is 6.42 Å². The standard InChI is InChI=1S/C15H18ClNS/c1-11-5-7-13(14(16)10-11)15(17-2)8-6-12-4-3-9-18-12/h3-5,7,9-10,15,17H,6,8H2,1-2H3. The van der Waals surface area contributed by atoms with Crippen molar-refractivity contribution in [3.8, 4) is 0 Å². The molecular weight excluding hydrogens is 262 g/mol. The van der Waals surface area contributed by atoms with Crippen LogP contribution in [0, 0.1) is 6.92 Å². The first-order valence-corrected chi connectivity index (χ1v) is 7.42. The lowest BCUT2D eigenvalue weighted by atomic mass is 10.0. The van der Waals surface area contributed by atoms with Crippen LogP contribution in [0.25, 0.3) is 0 Å². The fraction of sp³-hybridized carbons (Fsp3) is 0.333. The van der Waals surface area contributed by atoms with Gasteiger partial charge in [-0.05, 0) is 55.5 Å². The number of rotatable bonds is 5. The molecule has 1 heterocycles. The van der Waals surface area contributed by atoms with Crippen LogP contribution in [0.3, 0.4) is 0 Å². The van der Waals surface area contributed by atoms with E-state index in [-0.39, 0.29) is 0 Å². The monoisotopic (exact) mass is 279 g/mol. The molecule has 1 atom stereocenters. The summed E-state index contributed by atoms with van der Waals surface area (Å²) < 4.78 is 0. The average Bonchev–Trinajstić information content (AvgIpc) is 2.85. The van der Waals surface area contributed by atoms with Crippen LogP contribution in [0.1, 0.15) is 28.5 Å². The third kappa shape index (κ3) is 3.35. The summed E-state index contributed by atoms with van der Waals surface area (Å²) >= 11 is 8.14. The Labute approximate surface area is 118 Å². The van der Waals surface area contributed by atoms with E-state index < -0.39 is 0 Å². The fourth-order valence-corrected chi connectivity index (χ4v) is 3.20. The van der Waals surface area contributed by atoms with Gasteiger partial charge in [-0.2, -0.15) is 0 Å². The number of aryl methyl sites for hydroxylation is 2. The minimum absolute atomic E-state index is 0.320. The molecule has 96 valence electrons. The van der Waals surface area contributed by atoms with Gasteiger partial charge >= 0.3 is 0 Å². The van der Waals surface area contributed by atoms with E-state index in [0.29, 0.717) is 6.04 Å². The zero-order valence-corrected chi connectivity index (χ0v) is 12.3. The Balaban J connectivity index is 2.08. The molecule has 0 aliphatic carbocycles. The summed E-state index contributed by atoms with van der Waals surface area (Å²) in [6.07, 6.45) is 2.16. The molecule has 0 saturated heterocycles. The number of hydrogen-bond acceptors (Lipinski definition) is 2. The van der Waals surface area contributed by atoms with E-state index in [9.17, 15) is 0 Å². The molecule has 0 aliphatic rings. The first kappa shape index (κ1) is 13.6. The maximum Gasteiger partial charge on any atom is 0.0456 e. The second-order valence-corrected chi connectivity index (χ2v) is 5.92. The highest BCUT2D eigenvalue weighted by Gasteiger charge is 2.13. The Kier molecular flexibility index (Phi) is 4.81. The Morgan fingerprint density at radius 2 is 2.17 bits per heavy atom. The third-order valence-electron chi connectivity index (χ3n) is 3.14. The number of nitrogens with one attached hydrogen (secondary N) is 1. The number of benzene rings is 1. The summed E-state index contributed by atoms with van der Waals surface area (Å²) in [7, 11) is 2.00. The number of thiophene rings is 1. The van der Waals surface area contributed by atoms with E-state index in [4.69, 9.17) is 11.6 Å². The summed E-state index contributed by atoms with van der Waals surface area (Å²) in [5, 5.41) is 6.35. The summed E-state index contributed by atoms with van der Waals surface area (Å²) in [5.41, 5.74) is 2.40. The maximum atomic E-state index is 6.33. The summed E-state index contributed by atoms with van der Waals surface area (Å²) in [6.45, 7) is 2.07. The zero-order valence-electron chi connectivity index (χ0n) is 10.7. The van der Waals surface area contributed by atoms with Crippen molar-refractivity contribution in [1.82, 2.24) is 5.32 Å². The summed E-state index contributed by atoms with van der Waals surface area (Å²) in [5.74, 6) is 0. The van der Waals surface area contributed by atoms with Gasteiger partial charge < -0.3 is 5.32 Å². The van der Waals surface area contributed by atoms with Crippen molar-refractivity contribution in [3.63, 3.8) is 0 Å².